The van der Waals surface area contributed by atoms with Gasteiger partial charge in [-0.15, -0.1) is 0 Å². The van der Waals surface area contributed by atoms with Crippen molar-refractivity contribution in [3.8, 4) is 0 Å². The molecule has 1 heterocycles. The van der Waals surface area contributed by atoms with E-state index in [9.17, 15) is 0 Å². The fourth-order valence-electron chi connectivity index (χ4n) is 1.50. The van der Waals surface area contributed by atoms with Crippen molar-refractivity contribution >= 4 is 0 Å². The van der Waals surface area contributed by atoms with E-state index in [4.69, 9.17) is 5.84 Å². The van der Waals surface area contributed by atoms with Crippen LogP contribution < -0.4 is 11.3 Å². The van der Waals surface area contributed by atoms with Gasteiger partial charge in [0.25, 0.3) is 0 Å². The molecule has 1 aromatic rings. The number of rotatable bonds is 5. The highest BCUT2D eigenvalue weighted by Crippen LogP contribution is 2.17. The molecule has 1 unspecified atom stereocenters. The number of hydrogen-bond donors (Lipinski definition) is 2. The van der Waals surface area contributed by atoms with Crippen molar-refractivity contribution in [2.75, 3.05) is 0 Å². The molecule has 4 heteroatoms. The molecule has 0 aliphatic carbocycles. The summed E-state index contributed by atoms with van der Waals surface area (Å²) in [5.74, 6) is 7.22. The third kappa shape index (κ3) is 2.82. The lowest BCUT2D eigenvalue weighted by molar-refractivity contribution is 0.425. The molecule has 1 rings (SSSR count). The summed E-state index contributed by atoms with van der Waals surface area (Å²) in [6, 6.07) is 0.164. The Kier molecular flexibility index (Phi) is 4.10. The van der Waals surface area contributed by atoms with E-state index in [1.807, 2.05) is 17.8 Å². The molecule has 0 aliphatic rings. The minimum atomic E-state index is 0.164. The third-order valence-electron chi connectivity index (χ3n) is 2.40. The van der Waals surface area contributed by atoms with Gasteiger partial charge in [0.2, 0.25) is 0 Å². The second-order valence-electron chi connectivity index (χ2n) is 4.09. The van der Waals surface area contributed by atoms with Crippen LogP contribution in [0.25, 0.3) is 0 Å². The van der Waals surface area contributed by atoms with E-state index in [0.29, 0.717) is 5.92 Å². The number of aryl methyl sites for hydroxylation is 1. The highest BCUT2D eigenvalue weighted by Gasteiger charge is 2.14. The topological polar surface area (TPSA) is 55.9 Å². The normalized spacial score (nSPS) is 13.5. The smallest absolute Gasteiger partial charge is 0.126 e. The molecule has 14 heavy (non-hydrogen) atoms. The summed E-state index contributed by atoms with van der Waals surface area (Å²) >= 11 is 0. The molecular weight excluding hydrogens is 176 g/mol. The number of aromatic nitrogens is 2. The van der Waals surface area contributed by atoms with Crippen molar-refractivity contribution in [1.82, 2.24) is 15.0 Å². The van der Waals surface area contributed by atoms with Crippen LogP contribution in [0.15, 0.2) is 12.4 Å². The Labute approximate surface area is 85.5 Å². The molecule has 1 atom stereocenters. The first-order valence-electron chi connectivity index (χ1n) is 5.08. The molecule has 4 nitrogen and oxygen atoms in total. The first-order valence-corrected chi connectivity index (χ1v) is 5.08. The molecule has 0 radical (unpaired) electrons. The zero-order valence-electron chi connectivity index (χ0n) is 9.20. The predicted octanol–water partition coefficient (Wildman–Crippen LogP) is 1.36. The van der Waals surface area contributed by atoms with Gasteiger partial charge in [0.1, 0.15) is 5.82 Å². The van der Waals surface area contributed by atoms with Crippen molar-refractivity contribution in [1.29, 1.82) is 0 Å². The Morgan fingerprint density at radius 1 is 1.50 bits per heavy atom. The van der Waals surface area contributed by atoms with Gasteiger partial charge >= 0.3 is 0 Å². The number of nitrogens with zero attached hydrogens (tertiary/aromatic N) is 2. The fourth-order valence-corrected chi connectivity index (χ4v) is 1.50. The average Bonchev–Trinajstić information content (AvgIpc) is 2.53. The lowest BCUT2D eigenvalue weighted by Gasteiger charge is -2.16. The summed E-state index contributed by atoms with van der Waals surface area (Å²) in [4.78, 5) is 4.29. The maximum absolute atomic E-state index is 5.52. The largest absolute Gasteiger partial charge is 0.337 e. The maximum atomic E-state index is 5.52. The monoisotopic (exact) mass is 196 g/mol. The highest BCUT2D eigenvalue weighted by atomic mass is 15.3. The summed E-state index contributed by atoms with van der Waals surface area (Å²) in [6.07, 6.45) is 5.92. The molecule has 0 spiro atoms. The van der Waals surface area contributed by atoms with Crippen LogP contribution in [-0.4, -0.2) is 9.55 Å². The molecule has 0 aliphatic heterocycles. The Hall–Kier alpha value is -0.870. The quantitative estimate of drug-likeness (QED) is 0.552. The van der Waals surface area contributed by atoms with Gasteiger partial charge in [0.15, 0.2) is 0 Å². The lowest BCUT2D eigenvalue weighted by atomic mass is 10.0. The molecule has 0 aromatic carbocycles. The zero-order chi connectivity index (χ0) is 10.6. The maximum Gasteiger partial charge on any atom is 0.126 e. The van der Waals surface area contributed by atoms with E-state index < -0.39 is 0 Å². The van der Waals surface area contributed by atoms with Gasteiger partial charge in [-0.3, -0.25) is 5.84 Å². The van der Waals surface area contributed by atoms with Crippen LogP contribution in [0.1, 0.15) is 38.6 Å². The van der Waals surface area contributed by atoms with Crippen LogP contribution in [0.2, 0.25) is 0 Å². The molecule has 0 fully saturated rings. The second kappa shape index (κ2) is 5.12. The van der Waals surface area contributed by atoms with Gasteiger partial charge < -0.3 is 4.57 Å². The van der Waals surface area contributed by atoms with E-state index >= 15 is 0 Å². The van der Waals surface area contributed by atoms with Gasteiger partial charge in [-0.1, -0.05) is 13.8 Å². The SMILES string of the molecule is CC(C)CCC(NN)c1nccn1C. The molecule has 1 aromatic heterocycles. The van der Waals surface area contributed by atoms with Crippen LogP contribution in [0.5, 0.6) is 0 Å². The van der Waals surface area contributed by atoms with Crippen molar-refractivity contribution in [3.63, 3.8) is 0 Å². The molecule has 0 bridgehead atoms. The summed E-state index contributed by atoms with van der Waals surface area (Å²) in [5, 5.41) is 0. The Morgan fingerprint density at radius 2 is 2.21 bits per heavy atom. The van der Waals surface area contributed by atoms with Gasteiger partial charge in [-0.25, -0.2) is 10.4 Å². The Morgan fingerprint density at radius 3 is 2.64 bits per heavy atom. The van der Waals surface area contributed by atoms with E-state index in [0.717, 1.165) is 18.7 Å². The molecule has 0 amide bonds. The summed E-state index contributed by atoms with van der Waals surface area (Å²) < 4.78 is 2.00. The predicted molar refractivity (Wildman–Crippen MR) is 57.3 cm³/mol. The minimum absolute atomic E-state index is 0.164. The molecular formula is C10H20N4. The van der Waals surface area contributed by atoms with E-state index in [-0.39, 0.29) is 6.04 Å². The Bertz CT molecular complexity index is 267. The summed E-state index contributed by atoms with van der Waals surface area (Å²) in [6.45, 7) is 4.43. The van der Waals surface area contributed by atoms with Crippen LogP contribution >= 0.6 is 0 Å². The molecule has 3 N–H and O–H groups in total. The molecule has 80 valence electrons. The van der Waals surface area contributed by atoms with Gasteiger partial charge in [0.05, 0.1) is 6.04 Å². The third-order valence-corrected chi connectivity index (χ3v) is 2.40. The number of hydrogen-bond acceptors (Lipinski definition) is 3. The molecule has 0 saturated heterocycles. The van der Waals surface area contributed by atoms with Gasteiger partial charge in [0, 0.05) is 19.4 Å². The van der Waals surface area contributed by atoms with Crippen LogP contribution in [0.3, 0.4) is 0 Å². The highest BCUT2D eigenvalue weighted by molar-refractivity contribution is 4.97. The van der Waals surface area contributed by atoms with Gasteiger partial charge in [-0.05, 0) is 18.8 Å². The fraction of sp³-hybridized carbons (Fsp3) is 0.700. The first-order chi connectivity index (χ1) is 6.65. The number of nitrogens with two attached hydrogens (primary N) is 1. The van der Waals surface area contributed by atoms with Crippen LogP contribution in [0.4, 0.5) is 0 Å². The molecule has 0 saturated carbocycles. The standard InChI is InChI=1S/C10H20N4/c1-8(2)4-5-9(13-11)10-12-6-7-14(10)3/h6-9,13H,4-5,11H2,1-3H3. The minimum Gasteiger partial charge on any atom is -0.337 e. The zero-order valence-corrected chi connectivity index (χ0v) is 9.20. The van der Waals surface area contributed by atoms with Crippen LogP contribution in [-0.2, 0) is 7.05 Å². The second-order valence-corrected chi connectivity index (χ2v) is 4.09. The number of imidazole rings is 1. The van der Waals surface area contributed by atoms with Crippen molar-refractivity contribution in [2.45, 2.75) is 32.7 Å². The van der Waals surface area contributed by atoms with Crippen molar-refractivity contribution < 1.29 is 0 Å². The van der Waals surface area contributed by atoms with Crippen LogP contribution in [0, 0.1) is 5.92 Å². The first kappa shape index (κ1) is 11.2. The summed E-state index contributed by atoms with van der Waals surface area (Å²) in [5.41, 5.74) is 2.82. The van der Waals surface area contributed by atoms with Crippen molar-refractivity contribution in [3.05, 3.63) is 18.2 Å². The average molecular weight is 196 g/mol. The van der Waals surface area contributed by atoms with E-state index in [2.05, 4.69) is 24.3 Å². The lowest BCUT2D eigenvalue weighted by Crippen LogP contribution is -2.30. The van der Waals surface area contributed by atoms with E-state index in [1.165, 1.54) is 0 Å². The van der Waals surface area contributed by atoms with Gasteiger partial charge in [-0.2, -0.15) is 0 Å². The Balaban J connectivity index is 2.58. The van der Waals surface area contributed by atoms with E-state index in [1.54, 1.807) is 6.20 Å². The number of nitrogens with one attached hydrogen (secondary N) is 1. The number of hydrazine groups is 1. The van der Waals surface area contributed by atoms with Crippen molar-refractivity contribution in [2.24, 2.45) is 18.8 Å². The summed E-state index contributed by atoms with van der Waals surface area (Å²) in [7, 11) is 1.99.